The Morgan fingerprint density at radius 3 is 2.60 bits per heavy atom. The molecule has 0 aromatic heterocycles. The predicted octanol–water partition coefficient (Wildman–Crippen LogP) is 4.35. The molecule has 0 saturated heterocycles. The Kier molecular flexibility index (Phi) is 3.58. The van der Waals surface area contributed by atoms with E-state index in [1.807, 2.05) is 12.1 Å². The largest absolute Gasteiger partial charge is 0.508 e. The summed E-state index contributed by atoms with van der Waals surface area (Å²) in [7, 11) is 0. The molecule has 8 atom stereocenters. The zero-order valence-electron chi connectivity index (χ0n) is 15.8. The number of rotatable bonds is 0. The van der Waals surface area contributed by atoms with Gasteiger partial charge in [-0.25, -0.2) is 0 Å². The van der Waals surface area contributed by atoms with Gasteiger partial charge in [-0.2, -0.15) is 0 Å². The van der Waals surface area contributed by atoms with E-state index in [4.69, 9.17) is 6.42 Å². The minimum absolute atomic E-state index is 0.145. The van der Waals surface area contributed by atoms with Crippen LogP contribution in [0.1, 0.15) is 57.6 Å². The van der Waals surface area contributed by atoms with Crippen LogP contribution in [0.4, 0.5) is 0 Å². The fourth-order valence-corrected chi connectivity index (χ4v) is 7.12. The van der Waals surface area contributed by atoms with Crippen LogP contribution in [0, 0.1) is 47.3 Å². The Hall–Kier alpha value is -1.46. The van der Waals surface area contributed by atoms with Crippen molar-refractivity contribution in [1.82, 2.24) is 0 Å². The first-order chi connectivity index (χ1) is 11.7. The highest BCUT2D eigenvalue weighted by Crippen LogP contribution is 2.67. The second-order valence-corrected chi connectivity index (χ2v) is 9.42. The van der Waals surface area contributed by atoms with E-state index in [9.17, 15) is 10.2 Å². The van der Waals surface area contributed by atoms with Gasteiger partial charge in [0, 0.05) is 5.41 Å². The van der Waals surface area contributed by atoms with Crippen molar-refractivity contribution in [3.05, 3.63) is 29.3 Å². The maximum Gasteiger partial charge on any atom is 0.133 e. The minimum Gasteiger partial charge on any atom is -0.508 e. The Morgan fingerprint density at radius 2 is 1.92 bits per heavy atom. The van der Waals surface area contributed by atoms with Crippen molar-refractivity contribution in [2.45, 2.75) is 58.5 Å². The Labute approximate surface area is 151 Å². The highest BCUT2D eigenvalue weighted by molar-refractivity contribution is 5.42. The summed E-state index contributed by atoms with van der Waals surface area (Å²) in [4.78, 5) is 0. The number of fused-ring (bicyclic) bond motifs is 5. The average molecular weight is 338 g/mol. The summed E-state index contributed by atoms with van der Waals surface area (Å²) >= 11 is 0. The smallest absolute Gasteiger partial charge is 0.133 e. The fourth-order valence-electron chi connectivity index (χ4n) is 7.12. The van der Waals surface area contributed by atoms with Gasteiger partial charge in [-0.15, -0.1) is 6.42 Å². The third kappa shape index (κ3) is 2.02. The fraction of sp³-hybridized carbons (Fsp3) is 0.652. The van der Waals surface area contributed by atoms with Crippen molar-refractivity contribution in [2.24, 2.45) is 35.0 Å². The summed E-state index contributed by atoms with van der Waals surface area (Å²) in [6, 6.07) is 5.93. The molecule has 0 aliphatic heterocycles. The summed E-state index contributed by atoms with van der Waals surface area (Å²) in [6.07, 6.45) is 8.86. The molecule has 134 valence electrons. The van der Waals surface area contributed by atoms with E-state index in [0.717, 1.165) is 19.3 Å². The van der Waals surface area contributed by atoms with Crippen molar-refractivity contribution < 1.29 is 10.2 Å². The van der Waals surface area contributed by atoms with Crippen LogP contribution in [0.3, 0.4) is 0 Å². The van der Waals surface area contributed by atoms with E-state index in [1.165, 1.54) is 11.1 Å². The Morgan fingerprint density at radius 1 is 1.20 bits per heavy atom. The quantitative estimate of drug-likeness (QED) is 0.691. The van der Waals surface area contributed by atoms with Gasteiger partial charge < -0.3 is 10.2 Å². The first-order valence-electron chi connectivity index (χ1n) is 9.75. The van der Waals surface area contributed by atoms with Gasteiger partial charge in [0.2, 0.25) is 0 Å². The van der Waals surface area contributed by atoms with Crippen LogP contribution in [0.5, 0.6) is 5.75 Å². The van der Waals surface area contributed by atoms with Crippen LogP contribution in [0.25, 0.3) is 0 Å². The number of phenols is 1. The second-order valence-electron chi connectivity index (χ2n) is 9.42. The monoisotopic (exact) mass is 338 g/mol. The molecule has 0 bridgehead atoms. The zero-order chi connectivity index (χ0) is 18.1. The molecule has 0 radical (unpaired) electrons. The molecule has 0 spiro atoms. The van der Waals surface area contributed by atoms with Crippen molar-refractivity contribution in [1.29, 1.82) is 0 Å². The van der Waals surface area contributed by atoms with Crippen LogP contribution >= 0.6 is 0 Å². The molecule has 0 unspecified atom stereocenters. The molecule has 25 heavy (non-hydrogen) atoms. The third-order valence-corrected chi connectivity index (χ3v) is 8.15. The molecule has 2 saturated carbocycles. The Balaban J connectivity index is 1.84. The molecule has 1 aromatic carbocycles. The molecule has 2 fully saturated rings. The molecule has 4 rings (SSSR count). The van der Waals surface area contributed by atoms with E-state index in [-0.39, 0.29) is 11.3 Å². The lowest BCUT2D eigenvalue weighted by atomic mass is 9.48. The standard InChI is InChI=1S/C23H30O2/c1-6-23(25)15(4)10-19-21-13(2)9-16-11-17(24)7-8-18(16)20(21)14(3)12-22(19,23)5/h1,7-8,11,13-15,19-21,24-25H,9-10,12H2,2-5H3/t13-,14+,15-,19+,20-,21+,22+,23+/m1/s1. The predicted molar refractivity (Wildman–Crippen MR) is 100 cm³/mol. The van der Waals surface area contributed by atoms with Gasteiger partial charge in [-0.3, -0.25) is 0 Å². The van der Waals surface area contributed by atoms with Crippen LogP contribution in [0.15, 0.2) is 18.2 Å². The number of phenolic OH excluding ortho intramolecular Hbond substituents is 1. The average Bonchev–Trinajstić information content (AvgIpc) is 2.75. The van der Waals surface area contributed by atoms with E-state index in [1.54, 1.807) is 0 Å². The highest BCUT2D eigenvalue weighted by atomic mass is 16.3. The molecule has 2 nitrogen and oxygen atoms in total. The lowest BCUT2D eigenvalue weighted by molar-refractivity contribution is -0.0997. The Bertz CT molecular complexity index is 747. The van der Waals surface area contributed by atoms with E-state index < -0.39 is 5.60 Å². The van der Waals surface area contributed by atoms with E-state index in [0.29, 0.717) is 35.3 Å². The molecule has 3 aliphatic rings. The summed E-state index contributed by atoms with van der Waals surface area (Å²) in [5, 5.41) is 21.3. The summed E-state index contributed by atoms with van der Waals surface area (Å²) in [5.41, 5.74) is 1.53. The van der Waals surface area contributed by atoms with Crippen molar-refractivity contribution in [2.75, 3.05) is 0 Å². The third-order valence-electron chi connectivity index (χ3n) is 8.15. The number of aromatic hydroxyl groups is 1. The van der Waals surface area contributed by atoms with Gasteiger partial charge in [0.15, 0.2) is 0 Å². The van der Waals surface area contributed by atoms with E-state index in [2.05, 4.69) is 39.7 Å². The lowest BCUT2D eigenvalue weighted by Gasteiger charge is -2.56. The molecular formula is C23H30O2. The van der Waals surface area contributed by atoms with Crippen molar-refractivity contribution in [3.63, 3.8) is 0 Å². The number of terminal acetylenes is 1. The maximum atomic E-state index is 11.4. The molecule has 0 heterocycles. The number of benzene rings is 1. The van der Waals surface area contributed by atoms with Gasteiger partial charge in [0.05, 0.1) is 0 Å². The van der Waals surface area contributed by atoms with Crippen LogP contribution < -0.4 is 0 Å². The molecular weight excluding hydrogens is 308 g/mol. The summed E-state index contributed by atoms with van der Waals surface area (Å²) in [5.74, 6) is 5.86. The van der Waals surface area contributed by atoms with Crippen LogP contribution in [-0.2, 0) is 6.42 Å². The van der Waals surface area contributed by atoms with Gasteiger partial charge in [0.1, 0.15) is 11.4 Å². The first-order valence-corrected chi connectivity index (χ1v) is 9.75. The molecule has 3 aliphatic carbocycles. The van der Waals surface area contributed by atoms with Gasteiger partial charge >= 0.3 is 0 Å². The summed E-state index contributed by atoms with van der Waals surface area (Å²) in [6.45, 7) is 9.05. The van der Waals surface area contributed by atoms with Gasteiger partial charge in [-0.1, -0.05) is 39.7 Å². The normalized spacial score (nSPS) is 48.2. The summed E-state index contributed by atoms with van der Waals surface area (Å²) < 4.78 is 0. The molecule has 2 heteroatoms. The first kappa shape index (κ1) is 17.0. The molecule has 0 amide bonds. The second kappa shape index (κ2) is 5.27. The minimum atomic E-state index is -0.994. The van der Waals surface area contributed by atoms with Crippen LogP contribution in [0.2, 0.25) is 0 Å². The highest BCUT2D eigenvalue weighted by Gasteiger charge is 2.66. The molecule has 1 aromatic rings. The SMILES string of the molecule is C#C[C@]1(O)[C@H](C)C[C@H]2[C@H]3[C@@H](c4ccc(O)cc4C[C@H]3C)[C@@H](C)C[C@@]21C. The van der Waals surface area contributed by atoms with Crippen LogP contribution in [-0.4, -0.2) is 15.8 Å². The van der Waals surface area contributed by atoms with Crippen molar-refractivity contribution in [3.8, 4) is 18.1 Å². The van der Waals surface area contributed by atoms with Gasteiger partial charge in [-0.05, 0) is 78.0 Å². The lowest BCUT2D eigenvalue weighted by Crippen LogP contribution is -2.55. The topological polar surface area (TPSA) is 40.5 Å². The number of aliphatic hydroxyl groups is 1. The number of hydrogen-bond acceptors (Lipinski definition) is 2. The van der Waals surface area contributed by atoms with Gasteiger partial charge in [0.25, 0.3) is 0 Å². The van der Waals surface area contributed by atoms with Crippen molar-refractivity contribution >= 4 is 0 Å². The maximum absolute atomic E-state index is 11.4. The zero-order valence-corrected chi connectivity index (χ0v) is 15.8. The van der Waals surface area contributed by atoms with E-state index >= 15 is 0 Å². The molecule has 2 N–H and O–H groups in total. The number of hydrogen-bond donors (Lipinski definition) is 2.